The van der Waals surface area contributed by atoms with Crippen molar-refractivity contribution in [1.82, 2.24) is 4.98 Å². The number of benzene rings is 1. The van der Waals surface area contributed by atoms with Gasteiger partial charge >= 0.3 is 0 Å². The zero-order valence-corrected chi connectivity index (χ0v) is 17.3. The normalized spacial score (nSPS) is 29.0. The third-order valence-corrected chi connectivity index (χ3v) is 7.01. The molecule has 10 nitrogen and oxygen atoms in total. The monoisotopic (exact) mass is 452 g/mol. The molecular weight excluding hydrogens is 432 g/mol. The number of phenols is 1. The van der Waals surface area contributed by atoms with Gasteiger partial charge in [-0.05, 0) is 17.5 Å². The summed E-state index contributed by atoms with van der Waals surface area (Å²) in [6, 6.07) is 3.20. The molecule has 1 aromatic carbocycles. The molecule has 1 saturated carbocycles. The highest BCUT2D eigenvalue weighted by molar-refractivity contribution is 6.21. The van der Waals surface area contributed by atoms with E-state index in [2.05, 4.69) is 4.98 Å². The number of fused-ring (bicyclic) bond motifs is 3. The van der Waals surface area contributed by atoms with Gasteiger partial charge in [0.1, 0.15) is 29.1 Å². The van der Waals surface area contributed by atoms with E-state index in [1.165, 1.54) is 12.5 Å². The van der Waals surface area contributed by atoms with Crippen LogP contribution in [0.15, 0.2) is 45.9 Å². The number of aromatic hydroxyl groups is 1. The summed E-state index contributed by atoms with van der Waals surface area (Å²) in [5.74, 6) is -8.09. The van der Waals surface area contributed by atoms with Crippen LogP contribution in [0, 0.1) is 17.8 Å². The van der Waals surface area contributed by atoms with Crippen molar-refractivity contribution < 1.29 is 39.2 Å². The first-order valence-corrected chi connectivity index (χ1v) is 10.3. The van der Waals surface area contributed by atoms with E-state index in [1.54, 1.807) is 19.1 Å². The first kappa shape index (κ1) is 21.0. The van der Waals surface area contributed by atoms with Crippen LogP contribution in [-0.4, -0.2) is 49.0 Å². The summed E-state index contributed by atoms with van der Waals surface area (Å²) in [6.45, 7) is 1.73. The predicted molar refractivity (Wildman–Crippen MR) is 112 cm³/mol. The third kappa shape index (κ3) is 2.70. The minimum Gasteiger partial charge on any atom is -0.511 e. The van der Waals surface area contributed by atoms with Crippen molar-refractivity contribution in [1.29, 1.82) is 0 Å². The minimum absolute atomic E-state index is 0.00562. The average Bonchev–Trinajstić information content (AvgIpc) is 3.28. The quantitative estimate of drug-likeness (QED) is 0.421. The molecule has 10 heteroatoms. The van der Waals surface area contributed by atoms with Gasteiger partial charge in [-0.2, -0.15) is 0 Å². The summed E-state index contributed by atoms with van der Waals surface area (Å²) >= 11 is 0. The van der Waals surface area contributed by atoms with Crippen molar-refractivity contribution in [3.8, 4) is 17.2 Å². The van der Waals surface area contributed by atoms with Crippen molar-refractivity contribution in [2.75, 3.05) is 0 Å². The van der Waals surface area contributed by atoms with E-state index in [4.69, 9.17) is 10.2 Å². The Morgan fingerprint density at radius 3 is 2.58 bits per heavy atom. The lowest BCUT2D eigenvalue weighted by Crippen LogP contribution is -2.52. The Kier molecular flexibility index (Phi) is 4.47. The molecule has 0 bridgehead atoms. The Morgan fingerprint density at radius 2 is 1.94 bits per heavy atom. The maximum absolute atomic E-state index is 13.5. The van der Waals surface area contributed by atoms with Gasteiger partial charge in [-0.1, -0.05) is 13.0 Å². The van der Waals surface area contributed by atoms with E-state index in [1.807, 2.05) is 0 Å². The van der Waals surface area contributed by atoms with Gasteiger partial charge in [0.15, 0.2) is 11.6 Å². The number of Topliss-reactive ketones (excluding diaryl/α,β-unsaturated/α-hetero) is 2. The highest BCUT2D eigenvalue weighted by Crippen LogP contribution is 2.55. The average molecular weight is 452 g/mol. The number of nitrogens with two attached hydrogens (primary N) is 1. The first-order chi connectivity index (χ1) is 15.6. The molecule has 33 heavy (non-hydrogen) atoms. The summed E-state index contributed by atoms with van der Waals surface area (Å²) in [5.41, 5.74) is 5.03. The second-order valence-corrected chi connectivity index (χ2v) is 8.59. The van der Waals surface area contributed by atoms with Crippen LogP contribution in [0.5, 0.6) is 5.75 Å². The number of carbonyl (C=O) groups is 3. The van der Waals surface area contributed by atoms with Crippen LogP contribution in [-0.2, 0) is 14.4 Å². The molecule has 3 aliphatic carbocycles. The van der Waals surface area contributed by atoms with Crippen molar-refractivity contribution >= 4 is 23.2 Å². The Bertz CT molecular complexity index is 1290. The highest BCUT2D eigenvalue weighted by Gasteiger charge is 2.56. The summed E-state index contributed by atoms with van der Waals surface area (Å²) < 4.78 is 5.24. The van der Waals surface area contributed by atoms with Gasteiger partial charge in [0.25, 0.3) is 5.91 Å². The fraction of sp³-hybridized carbons (Fsp3) is 0.304. The number of oxazole rings is 1. The molecule has 1 amide bonds. The van der Waals surface area contributed by atoms with Crippen LogP contribution < -0.4 is 5.73 Å². The molecule has 1 heterocycles. The molecule has 1 fully saturated rings. The number of aromatic nitrogens is 1. The van der Waals surface area contributed by atoms with Crippen LogP contribution in [0.4, 0.5) is 0 Å². The number of phenolic OH excluding ortho intramolecular Hbond substituents is 1. The van der Waals surface area contributed by atoms with Gasteiger partial charge in [-0.15, -0.1) is 0 Å². The van der Waals surface area contributed by atoms with Gasteiger partial charge in [0.2, 0.25) is 5.89 Å². The van der Waals surface area contributed by atoms with Crippen molar-refractivity contribution in [3.05, 3.63) is 52.6 Å². The van der Waals surface area contributed by atoms with E-state index in [-0.39, 0.29) is 34.8 Å². The second kappa shape index (κ2) is 7.04. The molecule has 3 aliphatic rings. The van der Waals surface area contributed by atoms with Crippen molar-refractivity contribution in [3.63, 3.8) is 0 Å². The van der Waals surface area contributed by atoms with Crippen LogP contribution in [0.2, 0.25) is 0 Å². The molecule has 0 spiro atoms. The van der Waals surface area contributed by atoms with Gasteiger partial charge in [-0.25, -0.2) is 4.98 Å². The standard InChI is InChI=1S/C23H20N2O8/c1-7-8-2-3-9(23-25-4-5-33-23)17(27)13(8)20(30)16-12(7)18(28)10-6-11(26)15(22(24)32)19(29)14(10)21(16)31/h2-5,7,10,12,14,18,27-30H,6H2,1H3,(H2,24,32)/t7-,10?,12?,14?,18+/m0/s1. The fourth-order valence-corrected chi connectivity index (χ4v) is 5.52. The number of allylic oxidation sites excluding steroid dienone is 1. The Morgan fingerprint density at radius 1 is 1.21 bits per heavy atom. The van der Waals surface area contributed by atoms with E-state index >= 15 is 0 Å². The molecular formula is C23H20N2O8. The lowest BCUT2D eigenvalue weighted by molar-refractivity contribution is -0.133. The summed E-state index contributed by atoms with van der Waals surface area (Å²) in [7, 11) is 0. The highest BCUT2D eigenvalue weighted by atomic mass is 16.3. The number of hydrogen-bond donors (Lipinski definition) is 5. The lowest BCUT2D eigenvalue weighted by Gasteiger charge is -2.46. The van der Waals surface area contributed by atoms with E-state index in [0.717, 1.165) is 0 Å². The van der Waals surface area contributed by atoms with Crippen LogP contribution in [0.25, 0.3) is 17.2 Å². The third-order valence-electron chi connectivity index (χ3n) is 7.01. The summed E-state index contributed by atoms with van der Waals surface area (Å²) in [4.78, 5) is 41.6. The number of ketones is 2. The smallest absolute Gasteiger partial charge is 0.255 e. The zero-order chi connectivity index (χ0) is 23.8. The Hall–Kier alpha value is -3.92. The van der Waals surface area contributed by atoms with Gasteiger partial charge in [0.05, 0.1) is 29.3 Å². The maximum atomic E-state index is 13.5. The molecule has 170 valence electrons. The molecule has 0 aliphatic heterocycles. The predicted octanol–water partition coefficient (Wildman–Crippen LogP) is 1.50. The van der Waals surface area contributed by atoms with Crippen molar-refractivity contribution in [2.24, 2.45) is 23.5 Å². The van der Waals surface area contributed by atoms with E-state index in [9.17, 15) is 34.8 Å². The number of carbonyl (C=O) groups excluding carboxylic acids is 3. The molecule has 0 saturated heterocycles. The number of rotatable bonds is 2. The van der Waals surface area contributed by atoms with Gasteiger partial charge in [0, 0.05) is 23.8 Å². The molecule has 5 atom stereocenters. The number of aliphatic hydroxyl groups is 3. The molecule has 2 aromatic rings. The van der Waals surface area contributed by atoms with Gasteiger partial charge in [-0.3, -0.25) is 14.4 Å². The van der Waals surface area contributed by atoms with Crippen LogP contribution in [0.3, 0.4) is 0 Å². The summed E-state index contributed by atoms with van der Waals surface area (Å²) in [5, 5.41) is 43.9. The number of hydrogen-bond acceptors (Lipinski definition) is 9. The Labute approximate surface area is 186 Å². The Balaban J connectivity index is 1.73. The molecule has 6 N–H and O–H groups in total. The first-order valence-electron chi connectivity index (χ1n) is 10.3. The topological polar surface area (TPSA) is 184 Å². The number of amides is 1. The minimum atomic E-state index is -1.42. The van der Waals surface area contributed by atoms with E-state index < -0.39 is 64.3 Å². The maximum Gasteiger partial charge on any atom is 0.255 e. The fourth-order valence-electron chi connectivity index (χ4n) is 5.52. The SMILES string of the molecule is C[C@H]1c2ccc(-c3ncco3)c(O)c2C(O)=C2C(=O)C3C(O)=C(C(N)=O)C(=O)CC3[C@@H](O)C21. The largest absolute Gasteiger partial charge is 0.511 e. The van der Waals surface area contributed by atoms with E-state index in [0.29, 0.717) is 5.56 Å². The second-order valence-electron chi connectivity index (χ2n) is 8.59. The van der Waals surface area contributed by atoms with Crippen molar-refractivity contribution in [2.45, 2.75) is 25.4 Å². The molecule has 1 aromatic heterocycles. The number of primary amides is 1. The molecule has 0 radical (unpaired) electrons. The van der Waals surface area contributed by atoms with Gasteiger partial charge < -0.3 is 30.6 Å². The lowest BCUT2D eigenvalue weighted by atomic mass is 9.57. The number of aliphatic hydroxyl groups excluding tert-OH is 3. The molecule has 3 unspecified atom stereocenters. The molecule has 5 rings (SSSR count). The van der Waals surface area contributed by atoms with Crippen LogP contribution in [0.1, 0.15) is 30.4 Å². The number of nitrogens with zero attached hydrogens (tertiary/aromatic N) is 1. The summed E-state index contributed by atoms with van der Waals surface area (Å²) in [6.07, 6.45) is 1.07. The van der Waals surface area contributed by atoms with Crippen LogP contribution >= 0.6 is 0 Å². The zero-order valence-electron chi connectivity index (χ0n) is 17.3.